The second kappa shape index (κ2) is 40.6. The zero-order chi connectivity index (χ0) is 34.1. The summed E-state index contributed by atoms with van der Waals surface area (Å²) in [5.74, 6) is -0.569. The first kappa shape index (κ1) is 45.5. The Bertz CT molecular complexity index is 643. The Kier molecular flexibility index (Phi) is 39.3. The zero-order valence-corrected chi connectivity index (χ0v) is 28.6. The van der Waals surface area contributed by atoms with Gasteiger partial charge in [0.25, 0.3) is 0 Å². The predicted octanol–water partition coefficient (Wildman–Crippen LogP) is 0.702. The molecule has 0 atom stereocenters. The molecule has 47 heavy (non-hydrogen) atoms. The van der Waals surface area contributed by atoms with Gasteiger partial charge in [0.05, 0.1) is 172 Å². The molecule has 280 valence electrons. The van der Waals surface area contributed by atoms with Crippen LogP contribution in [0.1, 0.15) is 20.3 Å². The summed E-state index contributed by atoms with van der Waals surface area (Å²) in [5, 5.41) is 0. The Morgan fingerprint density at radius 2 is 0.532 bits per heavy atom. The lowest BCUT2D eigenvalue weighted by atomic mass is 10.5. The van der Waals surface area contributed by atoms with Crippen molar-refractivity contribution in [3.05, 3.63) is 0 Å². The van der Waals surface area contributed by atoms with Gasteiger partial charge in [-0.05, 0) is 6.92 Å². The highest BCUT2D eigenvalue weighted by Crippen LogP contribution is 1.90. The van der Waals surface area contributed by atoms with Crippen molar-refractivity contribution in [1.29, 1.82) is 0 Å². The van der Waals surface area contributed by atoms with Crippen LogP contribution < -0.4 is 0 Å². The van der Waals surface area contributed by atoms with Gasteiger partial charge >= 0.3 is 11.9 Å². The van der Waals surface area contributed by atoms with Gasteiger partial charge in [0.1, 0.15) is 6.61 Å². The molecular formula is C31H60O16. The van der Waals surface area contributed by atoms with Crippen molar-refractivity contribution < 1.29 is 75.9 Å². The lowest BCUT2D eigenvalue weighted by molar-refractivity contribution is -0.144. The number of carbonyl (C=O) groups is 2. The van der Waals surface area contributed by atoms with Crippen LogP contribution in [0.4, 0.5) is 0 Å². The molecule has 0 unspecified atom stereocenters. The van der Waals surface area contributed by atoms with Gasteiger partial charge in [-0.15, -0.1) is 0 Å². The standard InChI is InChI=1S/C31H60O16/c1-3-46-31(33)4-5-34-6-7-35-8-9-36-10-11-37-12-13-38-14-15-39-16-17-40-18-19-41-20-21-42-22-23-43-24-25-44-26-27-45-28-29-47-30(2)32/h3-29H2,1-2H3. The second-order valence-electron chi connectivity index (χ2n) is 9.24. The Morgan fingerprint density at radius 3 is 0.745 bits per heavy atom. The number of hydrogen-bond donors (Lipinski definition) is 0. The molecule has 0 aromatic heterocycles. The molecule has 0 spiro atoms. The maximum absolute atomic E-state index is 11.1. The van der Waals surface area contributed by atoms with Gasteiger partial charge in [-0.25, -0.2) is 0 Å². The monoisotopic (exact) mass is 688 g/mol. The third kappa shape index (κ3) is 42.4. The molecule has 16 heteroatoms. The van der Waals surface area contributed by atoms with Crippen LogP contribution in [-0.2, 0) is 75.9 Å². The summed E-state index contributed by atoms with van der Waals surface area (Å²) in [6, 6.07) is 0. The Morgan fingerprint density at radius 1 is 0.319 bits per heavy atom. The van der Waals surface area contributed by atoms with E-state index in [1.807, 2.05) is 0 Å². The number of rotatable bonds is 40. The molecule has 0 bridgehead atoms. The molecule has 0 rings (SSSR count). The lowest BCUT2D eigenvalue weighted by Gasteiger charge is -2.09. The first-order chi connectivity index (χ1) is 23.2. The first-order valence-corrected chi connectivity index (χ1v) is 16.4. The summed E-state index contributed by atoms with van der Waals surface area (Å²) in [7, 11) is 0. The quantitative estimate of drug-likeness (QED) is 0.0652. The average molecular weight is 689 g/mol. The van der Waals surface area contributed by atoms with Crippen LogP contribution in [0.15, 0.2) is 0 Å². The molecular weight excluding hydrogens is 628 g/mol. The minimum atomic E-state index is -0.315. The molecule has 0 amide bonds. The maximum atomic E-state index is 11.1. The second-order valence-corrected chi connectivity index (χ2v) is 9.24. The van der Waals surface area contributed by atoms with E-state index in [2.05, 4.69) is 0 Å². The third-order valence-corrected chi connectivity index (χ3v) is 5.38. The number of ether oxygens (including phenoxy) is 14. The fourth-order valence-corrected chi connectivity index (χ4v) is 3.15. The summed E-state index contributed by atoms with van der Waals surface area (Å²) >= 11 is 0. The molecule has 0 aliphatic heterocycles. The molecule has 16 nitrogen and oxygen atoms in total. The molecule has 0 radical (unpaired) electrons. The molecule has 0 saturated heterocycles. The van der Waals surface area contributed by atoms with E-state index in [0.29, 0.717) is 165 Å². The highest BCUT2D eigenvalue weighted by Gasteiger charge is 2.01. The van der Waals surface area contributed by atoms with Crippen molar-refractivity contribution >= 4 is 11.9 Å². The van der Waals surface area contributed by atoms with E-state index in [0.717, 1.165) is 0 Å². The fraction of sp³-hybridized carbons (Fsp3) is 0.935. The smallest absolute Gasteiger partial charge is 0.308 e. The Labute approximate surface area is 280 Å². The Hall–Kier alpha value is -1.54. The van der Waals surface area contributed by atoms with Gasteiger partial charge in [0, 0.05) is 6.92 Å². The number of esters is 2. The lowest BCUT2D eigenvalue weighted by Crippen LogP contribution is -2.15. The number of hydrogen-bond acceptors (Lipinski definition) is 16. The van der Waals surface area contributed by atoms with Gasteiger partial charge in [-0.3, -0.25) is 9.59 Å². The molecule has 0 saturated carbocycles. The van der Waals surface area contributed by atoms with Crippen molar-refractivity contribution in [1.82, 2.24) is 0 Å². The summed E-state index contributed by atoms with van der Waals surface area (Å²) in [5.41, 5.74) is 0. The predicted molar refractivity (Wildman–Crippen MR) is 168 cm³/mol. The van der Waals surface area contributed by atoms with Gasteiger partial charge in [-0.2, -0.15) is 0 Å². The number of carbonyl (C=O) groups excluding carboxylic acids is 2. The molecule has 0 aromatic rings. The molecule has 0 aliphatic rings. The highest BCUT2D eigenvalue weighted by molar-refractivity contribution is 5.69. The first-order valence-electron chi connectivity index (χ1n) is 16.4. The molecule has 0 heterocycles. The van der Waals surface area contributed by atoms with Gasteiger partial charge in [-0.1, -0.05) is 0 Å². The maximum Gasteiger partial charge on any atom is 0.308 e. The largest absolute Gasteiger partial charge is 0.466 e. The van der Waals surface area contributed by atoms with Gasteiger partial charge < -0.3 is 66.3 Å². The van der Waals surface area contributed by atoms with E-state index < -0.39 is 0 Å². The molecule has 0 aliphatic carbocycles. The van der Waals surface area contributed by atoms with Crippen LogP contribution in [-0.4, -0.2) is 184 Å². The SMILES string of the molecule is CCOC(=O)CCOCCOCCOCCOCCOCCOCCOCCOCCOCCOCCOCCOCCOC(C)=O. The van der Waals surface area contributed by atoms with Crippen LogP contribution in [0.2, 0.25) is 0 Å². The normalized spacial score (nSPS) is 11.3. The van der Waals surface area contributed by atoms with E-state index in [1.165, 1.54) is 6.92 Å². The van der Waals surface area contributed by atoms with Crippen molar-refractivity contribution in [2.45, 2.75) is 20.3 Å². The van der Waals surface area contributed by atoms with E-state index in [1.54, 1.807) is 6.92 Å². The van der Waals surface area contributed by atoms with Crippen LogP contribution >= 0.6 is 0 Å². The minimum Gasteiger partial charge on any atom is -0.466 e. The van der Waals surface area contributed by atoms with Gasteiger partial charge in [0.15, 0.2) is 0 Å². The van der Waals surface area contributed by atoms with Crippen LogP contribution in [0.5, 0.6) is 0 Å². The molecule has 0 fully saturated rings. The summed E-state index contributed by atoms with van der Waals surface area (Å²) in [6.07, 6.45) is 0.252. The molecule has 0 N–H and O–H groups in total. The fourth-order valence-electron chi connectivity index (χ4n) is 3.15. The molecule has 0 aromatic carbocycles. The van der Waals surface area contributed by atoms with Crippen molar-refractivity contribution in [3.8, 4) is 0 Å². The summed E-state index contributed by atoms with van der Waals surface area (Å²) in [4.78, 5) is 21.7. The average Bonchev–Trinajstić information content (AvgIpc) is 3.05. The van der Waals surface area contributed by atoms with Crippen LogP contribution in [0, 0.1) is 0 Å². The van der Waals surface area contributed by atoms with Crippen LogP contribution in [0.25, 0.3) is 0 Å². The topological polar surface area (TPSA) is 163 Å². The van der Waals surface area contributed by atoms with Crippen molar-refractivity contribution in [2.24, 2.45) is 0 Å². The summed E-state index contributed by atoms with van der Waals surface area (Å²) < 4.78 is 74.5. The van der Waals surface area contributed by atoms with E-state index in [9.17, 15) is 9.59 Å². The van der Waals surface area contributed by atoms with E-state index >= 15 is 0 Å². The van der Waals surface area contributed by atoms with Crippen molar-refractivity contribution in [3.63, 3.8) is 0 Å². The van der Waals surface area contributed by atoms with E-state index in [4.69, 9.17) is 66.3 Å². The van der Waals surface area contributed by atoms with Crippen molar-refractivity contribution in [2.75, 3.05) is 172 Å². The van der Waals surface area contributed by atoms with E-state index in [-0.39, 0.29) is 25.0 Å². The highest BCUT2D eigenvalue weighted by atomic mass is 16.6. The third-order valence-electron chi connectivity index (χ3n) is 5.38. The van der Waals surface area contributed by atoms with Crippen LogP contribution in [0.3, 0.4) is 0 Å². The zero-order valence-electron chi connectivity index (χ0n) is 28.6. The summed E-state index contributed by atoms with van der Waals surface area (Å²) in [6.45, 7) is 15.0. The van der Waals surface area contributed by atoms with Gasteiger partial charge in [0.2, 0.25) is 0 Å². The minimum absolute atomic E-state index is 0.252. The Balaban J connectivity index is 3.06.